The standard InChI is InChI=1S/C8H8N4O2S2/c9-7-12-5(3-15-7)6(13)10-1-4-2-16-8(14)11-4/h2-3H,1H2,(H2,9,12)(H,10,13)(H,11,14). The van der Waals surface area contributed by atoms with Crippen LogP contribution in [0.4, 0.5) is 5.13 Å². The van der Waals surface area contributed by atoms with E-state index >= 15 is 0 Å². The number of rotatable bonds is 3. The highest BCUT2D eigenvalue weighted by Gasteiger charge is 2.09. The summed E-state index contributed by atoms with van der Waals surface area (Å²) in [7, 11) is 0. The quantitative estimate of drug-likeness (QED) is 0.740. The Morgan fingerprint density at radius 2 is 2.31 bits per heavy atom. The molecule has 8 heteroatoms. The van der Waals surface area contributed by atoms with E-state index in [0.717, 1.165) is 11.3 Å². The molecule has 1 amide bonds. The molecule has 2 rings (SSSR count). The van der Waals surface area contributed by atoms with Gasteiger partial charge in [0.25, 0.3) is 5.91 Å². The highest BCUT2D eigenvalue weighted by molar-refractivity contribution is 7.13. The number of aromatic amines is 1. The third-order valence-electron chi connectivity index (χ3n) is 1.76. The topological polar surface area (TPSA) is 101 Å². The fourth-order valence-corrected chi connectivity index (χ4v) is 2.18. The lowest BCUT2D eigenvalue weighted by molar-refractivity contribution is 0.0946. The Morgan fingerprint density at radius 3 is 2.88 bits per heavy atom. The van der Waals surface area contributed by atoms with Gasteiger partial charge in [0.2, 0.25) is 0 Å². The van der Waals surface area contributed by atoms with Gasteiger partial charge >= 0.3 is 4.87 Å². The molecule has 0 spiro atoms. The summed E-state index contributed by atoms with van der Waals surface area (Å²) in [4.78, 5) is 28.7. The lowest BCUT2D eigenvalue weighted by atomic mass is 10.4. The zero-order valence-corrected chi connectivity index (χ0v) is 9.65. The average Bonchev–Trinajstić information content (AvgIpc) is 2.84. The summed E-state index contributed by atoms with van der Waals surface area (Å²) >= 11 is 2.27. The van der Waals surface area contributed by atoms with Gasteiger partial charge in [0.15, 0.2) is 5.13 Å². The number of nitrogens with zero attached hydrogens (tertiary/aromatic N) is 1. The summed E-state index contributed by atoms with van der Waals surface area (Å²) in [6.45, 7) is 0.273. The maximum atomic E-state index is 11.5. The molecule has 0 unspecified atom stereocenters. The Morgan fingerprint density at radius 1 is 1.50 bits per heavy atom. The van der Waals surface area contributed by atoms with Gasteiger partial charge in [0, 0.05) is 16.5 Å². The summed E-state index contributed by atoms with van der Waals surface area (Å²) in [6, 6.07) is 0. The maximum Gasteiger partial charge on any atom is 0.304 e. The molecular formula is C8H8N4O2S2. The highest BCUT2D eigenvalue weighted by Crippen LogP contribution is 2.10. The van der Waals surface area contributed by atoms with Crippen molar-refractivity contribution in [1.82, 2.24) is 15.3 Å². The second-order valence-corrected chi connectivity index (χ2v) is 4.66. The number of hydrogen-bond donors (Lipinski definition) is 3. The van der Waals surface area contributed by atoms with Crippen LogP contribution in [0.2, 0.25) is 0 Å². The van der Waals surface area contributed by atoms with E-state index in [1.165, 1.54) is 11.3 Å². The third-order valence-corrected chi connectivity index (χ3v) is 3.16. The first-order valence-electron chi connectivity index (χ1n) is 4.31. The van der Waals surface area contributed by atoms with Crippen LogP contribution >= 0.6 is 22.7 Å². The average molecular weight is 256 g/mol. The second-order valence-electron chi connectivity index (χ2n) is 2.93. The van der Waals surface area contributed by atoms with Gasteiger partial charge in [0.1, 0.15) is 5.69 Å². The Kier molecular flexibility index (Phi) is 3.02. The van der Waals surface area contributed by atoms with Gasteiger partial charge in [0.05, 0.1) is 6.54 Å². The lowest BCUT2D eigenvalue weighted by Gasteiger charge is -1.99. The molecule has 84 valence electrons. The number of hydrogen-bond acceptors (Lipinski definition) is 6. The first-order valence-corrected chi connectivity index (χ1v) is 6.07. The minimum absolute atomic E-state index is 0.137. The number of carbonyl (C=O) groups is 1. The number of nitrogen functional groups attached to an aromatic ring is 1. The van der Waals surface area contributed by atoms with E-state index in [9.17, 15) is 9.59 Å². The monoisotopic (exact) mass is 256 g/mol. The Hall–Kier alpha value is -1.67. The lowest BCUT2D eigenvalue weighted by Crippen LogP contribution is -2.23. The Balaban J connectivity index is 1.96. The molecule has 0 aliphatic carbocycles. The van der Waals surface area contributed by atoms with Crippen molar-refractivity contribution in [3.05, 3.63) is 31.8 Å². The number of amides is 1. The molecule has 0 aliphatic heterocycles. The predicted octanol–water partition coefficient (Wildman–Crippen LogP) is 0.405. The molecule has 0 atom stereocenters. The summed E-state index contributed by atoms with van der Waals surface area (Å²) < 4.78 is 0. The van der Waals surface area contributed by atoms with Crippen LogP contribution in [0, 0.1) is 0 Å². The van der Waals surface area contributed by atoms with Crippen molar-refractivity contribution in [2.75, 3.05) is 5.73 Å². The first-order chi connectivity index (χ1) is 7.65. The van der Waals surface area contributed by atoms with Crippen LogP contribution in [0.3, 0.4) is 0 Å². The van der Waals surface area contributed by atoms with Gasteiger partial charge < -0.3 is 16.0 Å². The number of aromatic nitrogens is 2. The molecule has 0 fully saturated rings. The minimum Gasteiger partial charge on any atom is -0.375 e. The zero-order valence-electron chi connectivity index (χ0n) is 8.02. The molecule has 0 saturated carbocycles. The molecule has 4 N–H and O–H groups in total. The van der Waals surface area contributed by atoms with Gasteiger partial charge in [-0.1, -0.05) is 11.3 Å². The van der Waals surface area contributed by atoms with E-state index < -0.39 is 0 Å². The van der Waals surface area contributed by atoms with Gasteiger partial charge in [-0.2, -0.15) is 0 Å². The molecule has 2 aromatic rings. The van der Waals surface area contributed by atoms with Crippen molar-refractivity contribution in [2.45, 2.75) is 6.54 Å². The van der Waals surface area contributed by atoms with Crippen LogP contribution in [0.15, 0.2) is 15.6 Å². The van der Waals surface area contributed by atoms with Crippen LogP contribution in [-0.4, -0.2) is 15.9 Å². The van der Waals surface area contributed by atoms with E-state index in [1.807, 2.05) is 0 Å². The normalized spacial score (nSPS) is 10.2. The fourth-order valence-electron chi connectivity index (χ4n) is 1.06. The van der Waals surface area contributed by atoms with Crippen LogP contribution in [0.25, 0.3) is 0 Å². The summed E-state index contributed by atoms with van der Waals surface area (Å²) in [5.41, 5.74) is 6.37. The van der Waals surface area contributed by atoms with Crippen LogP contribution in [0.5, 0.6) is 0 Å². The number of carbonyl (C=O) groups excluding carboxylic acids is 1. The number of H-pyrrole nitrogens is 1. The van der Waals surface area contributed by atoms with Crippen molar-refractivity contribution >= 4 is 33.7 Å². The molecule has 16 heavy (non-hydrogen) atoms. The largest absolute Gasteiger partial charge is 0.375 e. The molecule has 0 aromatic carbocycles. The summed E-state index contributed by atoms with van der Waals surface area (Å²) in [5, 5.41) is 6.23. The van der Waals surface area contributed by atoms with E-state index in [4.69, 9.17) is 5.73 Å². The van der Waals surface area contributed by atoms with Gasteiger partial charge in [-0.05, 0) is 0 Å². The van der Waals surface area contributed by atoms with Crippen molar-refractivity contribution in [3.8, 4) is 0 Å². The highest BCUT2D eigenvalue weighted by atomic mass is 32.1. The maximum absolute atomic E-state index is 11.5. The Labute approximate surface area is 98.2 Å². The number of thiazole rings is 2. The van der Waals surface area contributed by atoms with E-state index in [1.54, 1.807) is 10.8 Å². The predicted molar refractivity (Wildman–Crippen MR) is 62.6 cm³/mol. The molecule has 6 nitrogen and oxygen atoms in total. The SMILES string of the molecule is Nc1nc(C(=O)NCc2csc(=O)[nH]2)cs1. The van der Waals surface area contributed by atoms with Gasteiger partial charge in [-0.25, -0.2) is 4.98 Å². The van der Waals surface area contributed by atoms with Crippen LogP contribution < -0.4 is 15.9 Å². The second kappa shape index (κ2) is 4.45. The molecule has 0 bridgehead atoms. The molecule has 0 saturated heterocycles. The molecule has 0 aliphatic rings. The first kappa shape index (κ1) is 10.8. The smallest absolute Gasteiger partial charge is 0.304 e. The van der Waals surface area contributed by atoms with Crippen molar-refractivity contribution in [2.24, 2.45) is 0 Å². The van der Waals surface area contributed by atoms with Crippen LogP contribution in [-0.2, 0) is 6.54 Å². The zero-order chi connectivity index (χ0) is 11.5. The summed E-state index contributed by atoms with van der Waals surface area (Å²) in [5.74, 6) is -0.306. The third kappa shape index (κ3) is 2.47. The molecule has 2 heterocycles. The summed E-state index contributed by atoms with van der Waals surface area (Å²) in [6.07, 6.45) is 0. The van der Waals surface area contributed by atoms with Crippen molar-refractivity contribution < 1.29 is 4.79 Å². The van der Waals surface area contributed by atoms with Crippen molar-refractivity contribution in [3.63, 3.8) is 0 Å². The number of anilines is 1. The van der Waals surface area contributed by atoms with E-state index in [0.29, 0.717) is 16.5 Å². The molecular weight excluding hydrogens is 248 g/mol. The van der Waals surface area contributed by atoms with E-state index in [2.05, 4.69) is 15.3 Å². The molecule has 2 aromatic heterocycles. The molecule has 0 radical (unpaired) electrons. The van der Waals surface area contributed by atoms with Gasteiger partial charge in [-0.3, -0.25) is 9.59 Å². The van der Waals surface area contributed by atoms with Gasteiger partial charge in [-0.15, -0.1) is 11.3 Å². The number of nitrogens with two attached hydrogens (primary N) is 1. The minimum atomic E-state index is -0.306. The van der Waals surface area contributed by atoms with Crippen LogP contribution in [0.1, 0.15) is 16.2 Å². The van der Waals surface area contributed by atoms with E-state index in [-0.39, 0.29) is 17.3 Å². The fraction of sp³-hybridized carbons (Fsp3) is 0.125. The van der Waals surface area contributed by atoms with Crippen molar-refractivity contribution in [1.29, 1.82) is 0 Å². The number of nitrogens with one attached hydrogen (secondary N) is 2. The Bertz CT molecular complexity index is 556.